The first kappa shape index (κ1) is 18.9. The highest BCUT2D eigenvalue weighted by molar-refractivity contribution is 7.92. The summed E-state index contributed by atoms with van der Waals surface area (Å²) in [7, 11) is -3.39. The van der Waals surface area contributed by atoms with E-state index in [1.54, 1.807) is 12.4 Å². The van der Waals surface area contributed by atoms with Gasteiger partial charge in [-0.2, -0.15) is 0 Å². The SMILES string of the molecule is CS(=O)(=O)N1C[C@@]2(CO[C@@H](C(=O)NCCc3cccnc3)C2)c2ccccc21. The van der Waals surface area contributed by atoms with Crippen LogP contribution in [-0.4, -0.2) is 51.4 Å². The van der Waals surface area contributed by atoms with E-state index >= 15 is 0 Å². The van der Waals surface area contributed by atoms with Gasteiger partial charge in [0.2, 0.25) is 15.9 Å². The number of fused-ring (bicyclic) bond motifs is 2. The van der Waals surface area contributed by atoms with Gasteiger partial charge in [0, 0.05) is 30.9 Å². The Kier molecular flexibility index (Phi) is 4.84. The van der Waals surface area contributed by atoms with E-state index in [1.165, 1.54) is 10.6 Å². The Bertz CT molecular complexity index is 980. The molecule has 4 rings (SSSR count). The summed E-state index contributed by atoms with van der Waals surface area (Å²) < 4.78 is 31.7. The van der Waals surface area contributed by atoms with Crippen molar-refractivity contribution in [2.45, 2.75) is 24.4 Å². The first-order chi connectivity index (χ1) is 13.4. The maximum Gasteiger partial charge on any atom is 0.249 e. The molecule has 0 bridgehead atoms. The summed E-state index contributed by atoms with van der Waals surface area (Å²) in [4.78, 5) is 16.6. The molecule has 0 saturated carbocycles. The fourth-order valence-corrected chi connectivity index (χ4v) is 5.07. The van der Waals surface area contributed by atoms with Crippen LogP contribution >= 0.6 is 0 Å². The molecule has 0 aliphatic carbocycles. The summed E-state index contributed by atoms with van der Waals surface area (Å²) in [6.07, 6.45) is 5.29. The van der Waals surface area contributed by atoms with Crippen molar-refractivity contribution in [1.29, 1.82) is 0 Å². The summed E-state index contributed by atoms with van der Waals surface area (Å²) in [5, 5.41) is 2.92. The van der Waals surface area contributed by atoms with Crippen molar-refractivity contribution in [1.82, 2.24) is 10.3 Å². The third kappa shape index (κ3) is 3.49. The van der Waals surface area contributed by atoms with Gasteiger partial charge in [0.15, 0.2) is 0 Å². The second-order valence-electron chi connectivity index (χ2n) is 7.47. The highest BCUT2D eigenvalue weighted by Gasteiger charge is 2.52. The molecule has 0 unspecified atom stereocenters. The molecule has 3 heterocycles. The van der Waals surface area contributed by atoms with Crippen LogP contribution in [0.1, 0.15) is 17.5 Å². The van der Waals surface area contributed by atoms with E-state index < -0.39 is 21.5 Å². The predicted molar refractivity (Wildman–Crippen MR) is 106 cm³/mol. The summed E-state index contributed by atoms with van der Waals surface area (Å²) in [6, 6.07) is 11.3. The Hall–Kier alpha value is -2.45. The van der Waals surface area contributed by atoms with Crippen LogP contribution in [0, 0.1) is 0 Å². The molecule has 7 nitrogen and oxygen atoms in total. The molecule has 8 heteroatoms. The lowest BCUT2D eigenvalue weighted by atomic mass is 9.80. The first-order valence-corrected chi connectivity index (χ1v) is 11.1. The quantitative estimate of drug-likeness (QED) is 0.815. The van der Waals surface area contributed by atoms with Crippen molar-refractivity contribution in [2.75, 3.05) is 30.3 Å². The van der Waals surface area contributed by atoms with Gasteiger partial charge in [0.05, 0.1) is 18.6 Å². The molecular weight excluding hydrogens is 378 g/mol. The Labute approximate surface area is 164 Å². The molecule has 28 heavy (non-hydrogen) atoms. The third-order valence-electron chi connectivity index (χ3n) is 5.46. The summed E-state index contributed by atoms with van der Waals surface area (Å²) in [5.74, 6) is -0.156. The summed E-state index contributed by atoms with van der Waals surface area (Å²) in [5.41, 5.74) is 2.20. The smallest absolute Gasteiger partial charge is 0.249 e. The lowest BCUT2D eigenvalue weighted by Gasteiger charge is -2.23. The van der Waals surface area contributed by atoms with E-state index in [2.05, 4.69) is 10.3 Å². The number of carbonyl (C=O) groups is 1. The van der Waals surface area contributed by atoms with Crippen LogP contribution in [0.2, 0.25) is 0 Å². The number of aromatic nitrogens is 1. The van der Waals surface area contributed by atoms with Crippen LogP contribution in [0.3, 0.4) is 0 Å². The zero-order valence-electron chi connectivity index (χ0n) is 15.7. The predicted octanol–water partition coefficient (Wildman–Crippen LogP) is 1.25. The molecule has 1 spiro atoms. The number of sulfonamides is 1. The molecule has 1 aromatic carbocycles. The number of carbonyl (C=O) groups excluding carboxylic acids is 1. The van der Waals surface area contributed by atoms with Crippen molar-refractivity contribution in [3.05, 3.63) is 59.9 Å². The van der Waals surface area contributed by atoms with Gasteiger partial charge >= 0.3 is 0 Å². The monoisotopic (exact) mass is 401 g/mol. The molecule has 1 aromatic heterocycles. The molecule has 1 amide bonds. The fourth-order valence-electron chi connectivity index (χ4n) is 4.07. The highest BCUT2D eigenvalue weighted by atomic mass is 32.2. The second kappa shape index (κ2) is 7.18. The number of nitrogens with one attached hydrogen (secondary N) is 1. The van der Waals surface area contributed by atoms with Gasteiger partial charge in [-0.3, -0.25) is 14.1 Å². The van der Waals surface area contributed by atoms with Gasteiger partial charge < -0.3 is 10.1 Å². The molecule has 2 aliphatic rings. The zero-order valence-corrected chi connectivity index (χ0v) is 16.5. The van der Waals surface area contributed by atoms with Gasteiger partial charge in [-0.25, -0.2) is 8.42 Å². The van der Waals surface area contributed by atoms with E-state index in [-0.39, 0.29) is 5.91 Å². The van der Waals surface area contributed by atoms with Crippen molar-refractivity contribution in [2.24, 2.45) is 0 Å². The number of ether oxygens (including phenoxy) is 1. The minimum Gasteiger partial charge on any atom is -0.367 e. The molecule has 1 N–H and O–H groups in total. The normalized spacial score (nSPS) is 23.8. The number of hydrogen-bond acceptors (Lipinski definition) is 5. The standard InChI is InChI=1S/C20H23N3O4S/c1-28(25,26)23-13-20(16-6-2-3-7-17(16)23)11-18(27-14-20)19(24)22-10-8-15-5-4-9-21-12-15/h2-7,9,12,18H,8,10-11,13-14H2,1H3,(H,22,24)/t18-,20+/m1/s1. The molecule has 2 aliphatic heterocycles. The average Bonchev–Trinajstić information content (AvgIpc) is 3.26. The van der Waals surface area contributed by atoms with E-state index in [4.69, 9.17) is 4.74 Å². The van der Waals surface area contributed by atoms with Crippen LogP contribution in [0.25, 0.3) is 0 Å². The average molecular weight is 401 g/mol. The number of hydrogen-bond donors (Lipinski definition) is 1. The van der Waals surface area contributed by atoms with E-state index in [0.29, 0.717) is 38.2 Å². The van der Waals surface area contributed by atoms with Gasteiger partial charge in [0.25, 0.3) is 0 Å². The number of anilines is 1. The van der Waals surface area contributed by atoms with Gasteiger partial charge in [-0.15, -0.1) is 0 Å². The Balaban J connectivity index is 1.44. The Morgan fingerprint density at radius 3 is 2.89 bits per heavy atom. The number of para-hydroxylation sites is 1. The van der Waals surface area contributed by atoms with Crippen LogP contribution in [-0.2, 0) is 31.4 Å². The maximum atomic E-state index is 12.6. The van der Waals surface area contributed by atoms with Crippen molar-refractivity contribution in [3.63, 3.8) is 0 Å². The Morgan fingerprint density at radius 2 is 2.14 bits per heavy atom. The molecule has 2 atom stereocenters. The summed E-state index contributed by atoms with van der Waals surface area (Å²) in [6.45, 7) is 1.14. The minimum absolute atomic E-state index is 0.156. The van der Waals surface area contributed by atoms with Gasteiger partial charge in [0.1, 0.15) is 6.10 Å². The third-order valence-corrected chi connectivity index (χ3v) is 6.58. The molecule has 1 saturated heterocycles. The molecule has 0 radical (unpaired) electrons. The fraction of sp³-hybridized carbons (Fsp3) is 0.400. The second-order valence-corrected chi connectivity index (χ2v) is 9.38. The topological polar surface area (TPSA) is 88.6 Å². The van der Waals surface area contributed by atoms with Gasteiger partial charge in [-0.05, 0) is 36.1 Å². The van der Waals surface area contributed by atoms with E-state index in [0.717, 1.165) is 11.1 Å². The number of pyridine rings is 1. The lowest BCUT2D eigenvalue weighted by Crippen LogP contribution is -2.39. The van der Waals surface area contributed by atoms with Crippen molar-refractivity contribution >= 4 is 21.6 Å². The number of benzene rings is 1. The molecular formula is C20H23N3O4S. The number of nitrogens with zero attached hydrogens (tertiary/aromatic N) is 2. The zero-order chi connectivity index (χ0) is 19.8. The molecule has 148 valence electrons. The van der Waals surface area contributed by atoms with Crippen LogP contribution in [0.5, 0.6) is 0 Å². The molecule has 1 fully saturated rings. The minimum atomic E-state index is -3.39. The largest absolute Gasteiger partial charge is 0.367 e. The van der Waals surface area contributed by atoms with Crippen molar-refractivity contribution < 1.29 is 17.9 Å². The lowest BCUT2D eigenvalue weighted by molar-refractivity contribution is -0.129. The number of amides is 1. The van der Waals surface area contributed by atoms with Gasteiger partial charge in [-0.1, -0.05) is 24.3 Å². The van der Waals surface area contributed by atoms with Crippen LogP contribution in [0.4, 0.5) is 5.69 Å². The van der Waals surface area contributed by atoms with Crippen LogP contribution < -0.4 is 9.62 Å². The maximum absolute atomic E-state index is 12.6. The van der Waals surface area contributed by atoms with E-state index in [9.17, 15) is 13.2 Å². The summed E-state index contributed by atoms with van der Waals surface area (Å²) >= 11 is 0. The number of rotatable bonds is 5. The van der Waals surface area contributed by atoms with E-state index in [1.807, 2.05) is 36.4 Å². The highest BCUT2D eigenvalue weighted by Crippen LogP contribution is 2.48. The Morgan fingerprint density at radius 1 is 1.32 bits per heavy atom. The van der Waals surface area contributed by atoms with Crippen LogP contribution in [0.15, 0.2) is 48.8 Å². The van der Waals surface area contributed by atoms with Crippen molar-refractivity contribution in [3.8, 4) is 0 Å². The first-order valence-electron chi connectivity index (χ1n) is 9.24. The molecule has 2 aromatic rings.